The second-order valence-corrected chi connectivity index (χ2v) is 7.68. The van der Waals surface area contributed by atoms with Crippen molar-refractivity contribution in [2.45, 2.75) is 38.2 Å². The third kappa shape index (κ3) is 5.10. The second-order valence-electron chi connectivity index (χ2n) is 5.14. The quantitative estimate of drug-likeness (QED) is 0.806. The minimum atomic E-state index is -3.83. The lowest BCUT2D eigenvalue weighted by Crippen LogP contribution is -2.44. The Morgan fingerprint density at radius 3 is 2.40 bits per heavy atom. The number of benzene rings is 1. The minimum absolute atomic E-state index is 0.0502. The smallest absolute Gasteiger partial charge is 0.423 e. The summed E-state index contributed by atoms with van der Waals surface area (Å²) in [6, 6.07) is 4.54. The van der Waals surface area contributed by atoms with Crippen LogP contribution in [0.15, 0.2) is 27.6 Å². The van der Waals surface area contributed by atoms with E-state index in [1.165, 1.54) is 12.1 Å². The van der Waals surface area contributed by atoms with Gasteiger partial charge in [-0.1, -0.05) is 15.9 Å². The number of rotatable bonds is 3. The maximum absolute atomic E-state index is 12.0. The number of hydrazine groups is 1. The van der Waals surface area contributed by atoms with Crippen molar-refractivity contribution in [1.29, 1.82) is 0 Å². The van der Waals surface area contributed by atoms with Gasteiger partial charge in [-0.15, -0.1) is 4.83 Å². The van der Waals surface area contributed by atoms with Crippen LogP contribution in [0, 0.1) is 6.92 Å². The number of ether oxygens (including phenoxy) is 1. The molecule has 1 aromatic carbocycles. The lowest BCUT2D eigenvalue weighted by molar-refractivity contribution is 0.0515. The molecule has 112 valence electrons. The molecule has 1 aromatic rings. The lowest BCUT2D eigenvalue weighted by atomic mass is 10.2. The summed E-state index contributed by atoms with van der Waals surface area (Å²) in [7, 11) is -3.83. The summed E-state index contributed by atoms with van der Waals surface area (Å²) in [6.45, 7) is 6.81. The van der Waals surface area contributed by atoms with Crippen LogP contribution in [0.4, 0.5) is 4.79 Å². The van der Waals surface area contributed by atoms with Crippen molar-refractivity contribution in [1.82, 2.24) is 10.3 Å². The zero-order valence-corrected chi connectivity index (χ0v) is 14.1. The fraction of sp³-hybridized carbons (Fsp3) is 0.417. The molecule has 0 bridgehead atoms. The molecule has 0 aliphatic heterocycles. The number of carbonyl (C=O) groups is 1. The summed E-state index contributed by atoms with van der Waals surface area (Å²) >= 11 is 3.29. The van der Waals surface area contributed by atoms with Gasteiger partial charge in [0.2, 0.25) is 0 Å². The van der Waals surface area contributed by atoms with Gasteiger partial charge >= 0.3 is 6.09 Å². The SMILES string of the molecule is Cc1cc(S(=O)(=O)NNC(=O)OC(C)(C)C)ccc1Br. The van der Waals surface area contributed by atoms with Gasteiger partial charge in [0.15, 0.2) is 0 Å². The van der Waals surface area contributed by atoms with Gasteiger partial charge < -0.3 is 4.74 Å². The van der Waals surface area contributed by atoms with Gasteiger partial charge in [0.25, 0.3) is 10.0 Å². The summed E-state index contributed by atoms with van der Waals surface area (Å²) < 4.78 is 29.7. The molecule has 8 heteroatoms. The number of aryl methyl sites for hydroxylation is 1. The predicted molar refractivity (Wildman–Crippen MR) is 78.6 cm³/mol. The maximum Gasteiger partial charge on any atom is 0.423 e. The Morgan fingerprint density at radius 2 is 1.90 bits per heavy atom. The molecule has 0 aromatic heterocycles. The van der Waals surface area contributed by atoms with E-state index in [2.05, 4.69) is 15.9 Å². The largest absolute Gasteiger partial charge is 0.443 e. The third-order valence-corrected chi connectivity index (χ3v) is 4.26. The summed E-state index contributed by atoms with van der Waals surface area (Å²) in [5.74, 6) is 0. The highest BCUT2D eigenvalue weighted by atomic mass is 79.9. The molecule has 0 unspecified atom stereocenters. The van der Waals surface area contributed by atoms with Gasteiger partial charge in [-0.2, -0.15) is 0 Å². The molecule has 0 aliphatic rings. The first-order valence-electron chi connectivity index (χ1n) is 5.78. The molecule has 2 N–H and O–H groups in total. The molecular formula is C12H17BrN2O4S. The number of hydrogen-bond donors (Lipinski definition) is 2. The van der Waals surface area contributed by atoms with Gasteiger partial charge in [0.05, 0.1) is 4.90 Å². The average molecular weight is 365 g/mol. The van der Waals surface area contributed by atoms with E-state index < -0.39 is 21.7 Å². The first kappa shape index (κ1) is 16.9. The molecule has 0 atom stereocenters. The first-order valence-corrected chi connectivity index (χ1v) is 8.06. The summed E-state index contributed by atoms with van der Waals surface area (Å²) in [5, 5.41) is 0. The van der Waals surface area contributed by atoms with Gasteiger partial charge in [-0.25, -0.2) is 18.6 Å². The van der Waals surface area contributed by atoms with Crippen molar-refractivity contribution < 1.29 is 17.9 Å². The maximum atomic E-state index is 12.0. The monoisotopic (exact) mass is 364 g/mol. The predicted octanol–water partition coefficient (Wildman–Crippen LogP) is 2.48. The van der Waals surface area contributed by atoms with Crippen LogP contribution in [0.5, 0.6) is 0 Å². The number of halogens is 1. The average Bonchev–Trinajstić information content (AvgIpc) is 2.28. The van der Waals surface area contributed by atoms with E-state index in [4.69, 9.17) is 4.74 Å². The van der Waals surface area contributed by atoms with Crippen LogP contribution in [-0.4, -0.2) is 20.1 Å². The molecule has 1 rings (SSSR count). The molecule has 0 heterocycles. The Kier molecular flexibility index (Phi) is 5.17. The van der Waals surface area contributed by atoms with Crippen molar-refractivity contribution in [2.24, 2.45) is 0 Å². The summed E-state index contributed by atoms with van der Waals surface area (Å²) in [6.07, 6.45) is -0.866. The molecule has 6 nitrogen and oxygen atoms in total. The molecule has 0 saturated carbocycles. The van der Waals surface area contributed by atoms with E-state index in [9.17, 15) is 13.2 Å². The summed E-state index contributed by atoms with van der Waals surface area (Å²) in [5.41, 5.74) is 2.07. The van der Waals surface area contributed by atoms with Gasteiger partial charge in [0.1, 0.15) is 5.60 Å². The molecule has 0 saturated heterocycles. The van der Waals surface area contributed by atoms with E-state index in [1.807, 2.05) is 10.3 Å². The van der Waals surface area contributed by atoms with Gasteiger partial charge in [-0.05, 0) is 51.5 Å². The number of sulfonamides is 1. The first-order chi connectivity index (χ1) is 9.01. The van der Waals surface area contributed by atoms with Crippen LogP contribution >= 0.6 is 15.9 Å². The molecule has 0 aliphatic carbocycles. The van der Waals surface area contributed by atoms with E-state index in [1.54, 1.807) is 33.8 Å². The zero-order chi connectivity index (χ0) is 15.6. The zero-order valence-electron chi connectivity index (χ0n) is 11.7. The summed E-state index contributed by atoms with van der Waals surface area (Å²) in [4.78, 5) is 13.4. The highest BCUT2D eigenvalue weighted by molar-refractivity contribution is 9.10. The van der Waals surface area contributed by atoms with Crippen LogP contribution in [0.3, 0.4) is 0 Å². The number of hydrogen-bond acceptors (Lipinski definition) is 4. The standard InChI is InChI=1S/C12H17BrN2O4S/c1-8-7-9(5-6-10(8)13)20(17,18)15-14-11(16)19-12(2,3)4/h5-7,15H,1-4H3,(H,14,16). The van der Waals surface area contributed by atoms with E-state index in [0.29, 0.717) is 0 Å². The minimum Gasteiger partial charge on any atom is -0.443 e. The van der Waals surface area contributed by atoms with Crippen molar-refractivity contribution >= 4 is 32.0 Å². The Labute approximate surface area is 127 Å². The van der Waals surface area contributed by atoms with Crippen molar-refractivity contribution in [3.05, 3.63) is 28.2 Å². The van der Waals surface area contributed by atoms with Crippen molar-refractivity contribution in [3.63, 3.8) is 0 Å². The van der Waals surface area contributed by atoms with E-state index in [0.717, 1.165) is 10.0 Å². The topological polar surface area (TPSA) is 84.5 Å². The molecule has 20 heavy (non-hydrogen) atoms. The molecule has 0 spiro atoms. The highest BCUT2D eigenvalue weighted by Gasteiger charge is 2.19. The molecule has 0 fully saturated rings. The molecule has 0 radical (unpaired) electrons. The van der Waals surface area contributed by atoms with Gasteiger partial charge in [0, 0.05) is 4.47 Å². The van der Waals surface area contributed by atoms with E-state index in [-0.39, 0.29) is 4.90 Å². The number of amides is 1. The normalized spacial score (nSPS) is 12.1. The van der Waals surface area contributed by atoms with Gasteiger partial charge in [-0.3, -0.25) is 0 Å². The van der Waals surface area contributed by atoms with Crippen LogP contribution in [0.2, 0.25) is 0 Å². The molecule has 1 amide bonds. The van der Waals surface area contributed by atoms with Crippen LogP contribution in [0.1, 0.15) is 26.3 Å². The molecular weight excluding hydrogens is 348 g/mol. The number of carbonyl (C=O) groups excluding carboxylic acids is 1. The van der Waals surface area contributed by atoms with Crippen molar-refractivity contribution in [3.8, 4) is 0 Å². The lowest BCUT2D eigenvalue weighted by Gasteiger charge is -2.19. The van der Waals surface area contributed by atoms with Crippen LogP contribution in [-0.2, 0) is 14.8 Å². The van der Waals surface area contributed by atoms with Crippen molar-refractivity contribution in [2.75, 3.05) is 0 Å². The van der Waals surface area contributed by atoms with Crippen LogP contribution < -0.4 is 10.3 Å². The fourth-order valence-electron chi connectivity index (χ4n) is 1.26. The Balaban J connectivity index is 2.76. The van der Waals surface area contributed by atoms with Crippen LogP contribution in [0.25, 0.3) is 0 Å². The fourth-order valence-corrected chi connectivity index (χ4v) is 2.42. The van der Waals surface area contributed by atoms with E-state index >= 15 is 0 Å². The highest BCUT2D eigenvalue weighted by Crippen LogP contribution is 2.19. The number of nitrogens with one attached hydrogen (secondary N) is 2. The third-order valence-electron chi connectivity index (χ3n) is 2.13. The Bertz CT molecular complexity index is 608. The Morgan fingerprint density at radius 1 is 1.30 bits per heavy atom. The Hall–Kier alpha value is -1.12. The second kappa shape index (κ2) is 6.11.